The summed E-state index contributed by atoms with van der Waals surface area (Å²) in [6.07, 6.45) is 1.58. The van der Waals surface area contributed by atoms with Gasteiger partial charge in [0.2, 0.25) is 10.0 Å². The van der Waals surface area contributed by atoms with E-state index in [2.05, 4.69) is 10.0 Å². The number of nitrogens with one attached hydrogen (secondary N) is 2. The molecule has 0 radical (unpaired) electrons. The third-order valence-electron chi connectivity index (χ3n) is 3.40. The molecular weight excluding hydrogens is 332 g/mol. The van der Waals surface area contributed by atoms with E-state index in [4.69, 9.17) is 4.74 Å². The van der Waals surface area contributed by atoms with Crippen molar-refractivity contribution in [2.45, 2.75) is 44.6 Å². The number of amides is 1. The average molecular weight is 356 g/mol. The highest BCUT2D eigenvalue weighted by molar-refractivity contribution is 7.89. The normalized spacial score (nSPS) is 11.3. The monoisotopic (exact) mass is 356 g/mol. The van der Waals surface area contributed by atoms with Crippen LogP contribution in [-0.2, 0) is 19.6 Å². The van der Waals surface area contributed by atoms with Crippen LogP contribution < -0.4 is 10.0 Å². The summed E-state index contributed by atoms with van der Waals surface area (Å²) in [5.41, 5.74) is 0.0734. The van der Waals surface area contributed by atoms with Gasteiger partial charge in [-0.1, -0.05) is 26.8 Å². The molecule has 2 N–H and O–H groups in total. The van der Waals surface area contributed by atoms with Gasteiger partial charge in [-0.3, -0.25) is 4.79 Å². The highest BCUT2D eigenvalue weighted by Crippen LogP contribution is 2.12. The lowest BCUT2D eigenvalue weighted by atomic mass is 10.2. The lowest BCUT2D eigenvalue weighted by molar-refractivity contribution is -0.125. The van der Waals surface area contributed by atoms with Crippen molar-refractivity contribution in [2.24, 2.45) is 0 Å². The lowest BCUT2D eigenvalue weighted by Gasteiger charge is -2.14. The highest BCUT2D eigenvalue weighted by Gasteiger charge is 2.17. The Bertz CT molecular complexity index is 669. The molecule has 0 spiro atoms. The van der Waals surface area contributed by atoms with E-state index in [1.165, 1.54) is 24.3 Å². The second-order valence-electron chi connectivity index (χ2n) is 5.19. The molecule has 0 saturated carbocycles. The molecular formula is C16H24N2O5S. The van der Waals surface area contributed by atoms with E-state index in [-0.39, 0.29) is 29.0 Å². The Balaban J connectivity index is 2.71. The fourth-order valence-corrected chi connectivity index (χ4v) is 3.13. The summed E-state index contributed by atoms with van der Waals surface area (Å²) in [7, 11) is -3.66. The van der Waals surface area contributed by atoms with Gasteiger partial charge in [-0.05, 0) is 31.0 Å². The van der Waals surface area contributed by atoms with E-state index in [0.717, 1.165) is 12.8 Å². The Morgan fingerprint density at radius 1 is 1.17 bits per heavy atom. The van der Waals surface area contributed by atoms with Crippen molar-refractivity contribution < 1.29 is 22.7 Å². The largest absolute Gasteiger partial charge is 0.452 e. The molecule has 1 aromatic carbocycles. The topological polar surface area (TPSA) is 102 Å². The van der Waals surface area contributed by atoms with E-state index in [1.54, 1.807) is 6.92 Å². The predicted octanol–water partition coefficient (Wildman–Crippen LogP) is 1.45. The molecule has 0 fully saturated rings. The first-order chi connectivity index (χ1) is 11.3. The Morgan fingerprint density at radius 3 is 2.42 bits per heavy atom. The van der Waals surface area contributed by atoms with Crippen LogP contribution in [-0.4, -0.2) is 39.5 Å². The number of hydrogen-bond acceptors (Lipinski definition) is 5. The van der Waals surface area contributed by atoms with Crippen LogP contribution in [0.4, 0.5) is 0 Å². The Hall–Kier alpha value is -1.93. The number of esters is 1. The number of benzene rings is 1. The maximum absolute atomic E-state index is 12.0. The third kappa shape index (κ3) is 5.93. The molecule has 1 amide bonds. The van der Waals surface area contributed by atoms with E-state index < -0.39 is 22.6 Å². The number of ether oxygens (including phenoxy) is 1. The smallest absolute Gasteiger partial charge is 0.338 e. The quantitative estimate of drug-likeness (QED) is 0.652. The molecule has 24 heavy (non-hydrogen) atoms. The minimum Gasteiger partial charge on any atom is -0.452 e. The van der Waals surface area contributed by atoms with E-state index in [1.807, 2.05) is 13.8 Å². The number of hydrogen-bond donors (Lipinski definition) is 2. The second kappa shape index (κ2) is 9.39. The van der Waals surface area contributed by atoms with Crippen molar-refractivity contribution in [3.05, 3.63) is 29.8 Å². The molecule has 0 saturated heterocycles. The van der Waals surface area contributed by atoms with Crippen molar-refractivity contribution in [1.82, 2.24) is 10.0 Å². The Kier molecular flexibility index (Phi) is 7.87. The highest BCUT2D eigenvalue weighted by atomic mass is 32.2. The van der Waals surface area contributed by atoms with Crippen LogP contribution >= 0.6 is 0 Å². The van der Waals surface area contributed by atoms with Crippen LogP contribution in [0, 0.1) is 0 Å². The maximum Gasteiger partial charge on any atom is 0.338 e. The molecule has 0 heterocycles. The van der Waals surface area contributed by atoms with Gasteiger partial charge in [0.25, 0.3) is 5.91 Å². The standard InChI is InChI=1S/C16H24N2O5S/c1-4-13(5-2)18-15(19)11-23-16(20)12-8-7-9-14(10-12)24(21,22)17-6-3/h7-10,13,17H,4-6,11H2,1-3H3,(H,18,19). The van der Waals surface area contributed by atoms with Crippen LogP contribution in [0.25, 0.3) is 0 Å². The Labute approximate surface area is 142 Å². The Morgan fingerprint density at radius 2 is 1.83 bits per heavy atom. The number of rotatable bonds is 9. The summed E-state index contributed by atoms with van der Waals surface area (Å²) >= 11 is 0. The van der Waals surface area contributed by atoms with Gasteiger partial charge in [0.05, 0.1) is 10.5 Å². The van der Waals surface area contributed by atoms with Crippen molar-refractivity contribution in [3.8, 4) is 0 Å². The maximum atomic E-state index is 12.0. The molecule has 0 atom stereocenters. The van der Waals surface area contributed by atoms with Gasteiger partial charge in [0.1, 0.15) is 0 Å². The first-order valence-corrected chi connectivity index (χ1v) is 9.38. The number of carbonyl (C=O) groups excluding carboxylic acids is 2. The summed E-state index contributed by atoms with van der Waals surface area (Å²) in [4.78, 5) is 23.7. The first kappa shape index (κ1) is 20.1. The molecule has 0 aliphatic heterocycles. The van der Waals surface area contributed by atoms with Crippen LogP contribution in [0.1, 0.15) is 44.0 Å². The molecule has 0 aromatic heterocycles. The minimum absolute atomic E-state index is 0.0275. The van der Waals surface area contributed by atoms with Gasteiger partial charge in [0.15, 0.2) is 6.61 Å². The van der Waals surface area contributed by atoms with Crippen LogP contribution in [0.15, 0.2) is 29.2 Å². The van der Waals surface area contributed by atoms with Gasteiger partial charge in [0, 0.05) is 12.6 Å². The summed E-state index contributed by atoms with van der Waals surface area (Å²) in [5.74, 6) is -1.13. The molecule has 1 aromatic rings. The molecule has 7 nitrogen and oxygen atoms in total. The number of sulfonamides is 1. The van der Waals surface area contributed by atoms with Crippen LogP contribution in [0.5, 0.6) is 0 Å². The lowest BCUT2D eigenvalue weighted by Crippen LogP contribution is -2.36. The van der Waals surface area contributed by atoms with Crippen LogP contribution in [0.3, 0.4) is 0 Å². The summed E-state index contributed by atoms with van der Waals surface area (Å²) < 4.78 is 31.2. The molecule has 0 aliphatic carbocycles. The number of carbonyl (C=O) groups is 2. The average Bonchev–Trinajstić information content (AvgIpc) is 2.57. The van der Waals surface area contributed by atoms with Gasteiger partial charge in [-0.15, -0.1) is 0 Å². The molecule has 0 aliphatic rings. The molecule has 8 heteroatoms. The van der Waals surface area contributed by atoms with Gasteiger partial charge in [-0.25, -0.2) is 17.9 Å². The summed E-state index contributed by atoms with van der Waals surface area (Å²) in [6.45, 7) is 5.41. The SMILES string of the molecule is CCNS(=O)(=O)c1cccc(C(=O)OCC(=O)NC(CC)CC)c1. The fraction of sp³-hybridized carbons (Fsp3) is 0.500. The zero-order chi connectivity index (χ0) is 18.2. The predicted molar refractivity (Wildman–Crippen MR) is 90.1 cm³/mol. The molecule has 0 bridgehead atoms. The van der Waals surface area contributed by atoms with E-state index in [9.17, 15) is 18.0 Å². The summed E-state index contributed by atoms with van der Waals surface area (Å²) in [6, 6.07) is 5.54. The minimum atomic E-state index is -3.66. The third-order valence-corrected chi connectivity index (χ3v) is 4.94. The zero-order valence-corrected chi connectivity index (χ0v) is 15.0. The van der Waals surface area contributed by atoms with Crippen molar-refractivity contribution in [2.75, 3.05) is 13.2 Å². The van der Waals surface area contributed by atoms with Gasteiger partial charge < -0.3 is 10.1 Å². The zero-order valence-electron chi connectivity index (χ0n) is 14.2. The molecule has 1 rings (SSSR count). The second-order valence-corrected chi connectivity index (χ2v) is 6.95. The molecule has 0 unspecified atom stereocenters. The van der Waals surface area contributed by atoms with E-state index in [0.29, 0.717) is 0 Å². The van der Waals surface area contributed by atoms with Gasteiger partial charge in [-0.2, -0.15) is 0 Å². The van der Waals surface area contributed by atoms with Gasteiger partial charge >= 0.3 is 5.97 Å². The fourth-order valence-electron chi connectivity index (χ4n) is 2.04. The van der Waals surface area contributed by atoms with Crippen molar-refractivity contribution >= 4 is 21.9 Å². The van der Waals surface area contributed by atoms with E-state index >= 15 is 0 Å². The van der Waals surface area contributed by atoms with Crippen LogP contribution in [0.2, 0.25) is 0 Å². The summed E-state index contributed by atoms with van der Waals surface area (Å²) in [5, 5.41) is 2.75. The van der Waals surface area contributed by atoms with Crippen molar-refractivity contribution in [1.29, 1.82) is 0 Å². The molecule has 134 valence electrons. The first-order valence-electron chi connectivity index (χ1n) is 7.90. The van der Waals surface area contributed by atoms with Crippen molar-refractivity contribution in [3.63, 3.8) is 0 Å².